The third kappa shape index (κ3) is 2.31. The molecule has 1 atom stereocenters. The van der Waals surface area contributed by atoms with Crippen LogP contribution in [0.4, 0.5) is 0 Å². The van der Waals surface area contributed by atoms with E-state index in [9.17, 15) is 4.79 Å². The molecule has 6 heteroatoms. The Balaban J connectivity index is 1.37. The summed E-state index contributed by atoms with van der Waals surface area (Å²) in [4.78, 5) is 16.3. The van der Waals surface area contributed by atoms with Crippen LogP contribution in [0.5, 0.6) is 0 Å². The molecule has 0 bridgehead atoms. The Kier molecular flexibility index (Phi) is 3.30. The number of hydrogen-bond donors (Lipinski definition) is 0. The fraction of sp³-hybridized carbons (Fsp3) is 0.611. The van der Waals surface area contributed by atoms with Crippen LogP contribution in [0.25, 0.3) is 0 Å². The maximum Gasteiger partial charge on any atom is 0.264 e. The minimum atomic E-state index is 0.268. The SMILES string of the molecule is O=C(c1sccc1C1CC1)N1CC(Cn2cnnc2)C2(CCC2)C1. The summed E-state index contributed by atoms with van der Waals surface area (Å²) in [7, 11) is 0. The standard InChI is InChI=1S/C18H22N4OS/c23-17(16-15(4-7-24-16)13-2-3-13)22-9-14(8-21-11-19-20-12-21)18(10-22)5-1-6-18/h4,7,11-14H,1-3,5-6,8-10H2. The van der Waals surface area contributed by atoms with Gasteiger partial charge in [0.15, 0.2) is 0 Å². The van der Waals surface area contributed by atoms with E-state index in [1.54, 1.807) is 24.0 Å². The van der Waals surface area contributed by atoms with Gasteiger partial charge >= 0.3 is 0 Å². The first kappa shape index (κ1) is 14.6. The number of hydrogen-bond acceptors (Lipinski definition) is 4. The quantitative estimate of drug-likeness (QED) is 0.857. The Morgan fingerprint density at radius 2 is 2.08 bits per heavy atom. The van der Waals surface area contributed by atoms with E-state index >= 15 is 0 Å². The fourth-order valence-corrected chi connectivity index (χ4v) is 5.51. The van der Waals surface area contributed by atoms with Crippen molar-refractivity contribution in [1.82, 2.24) is 19.7 Å². The van der Waals surface area contributed by atoms with Gasteiger partial charge < -0.3 is 9.47 Å². The van der Waals surface area contributed by atoms with E-state index in [1.165, 1.54) is 37.7 Å². The lowest BCUT2D eigenvalue weighted by atomic mass is 9.63. The second-order valence-corrected chi connectivity index (χ2v) is 8.65. The van der Waals surface area contributed by atoms with Crippen molar-refractivity contribution in [3.8, 4) is 0 Å². The summed E-state index contributed by atoms with van der Waals surface area (Å²) in [5, 5.41) is 9.93. The first-order valence-electron chi connectivity index (χ1n) is 8.94. The Morgan fingerprint density at radius 1 is 1.29 bits per heavy atom. The van der Waals surface area contributed by atoms with E-state index in [0.29, 0.717) is 17.3 Å². The highest BCUT2D eigenvalue weighted by atomic mass is 32.1. The zero-order valence-corrected chi connectivity index (χ0v) is 14.5. The van der Waals surface area contributed by atoms with Crippen LogP contribution in [0.2, 0.25) is 0 Å². The molecule has 3 heterocycles. The van der Waals surface area contributed by atoms with Crippen LogP contribution < -0.4 is 0 Å². The van der Waals surface area contributed by atoms with Crippen LogP contribution in [-0.2, 0) is 6.54 Å². The molecule has 3 aliphatic rings. The molecule has 5 nitrogen and oxygen atoms in total. The monoisotopic (exact) mass is 342 g/mol. The summed E-state index contributed by atoms with van der Waals surface area (Å²) < 4.78 is 2.07. The van der Waals surface area contributed by atoms with Gasteiger partial charge in [0.2, 0.25) is 0 Å². The summed E-state index contributed by atoms with van der Waals surface area (Å²) >= 11 is 1.63. The van der Waals surface area contributed by atoms with Crippen LogP contribution in [0.3, 0.4) is 0 Å². The van der Waals surface area contributed by atoms with Gasteiger partial charge in [0.1, 0.15) is 12.7 Å². The van der Waals surface area contributed by atoms with E-state index in [4.69, 9.17) is 0 Å². The average molecular weight is 342 g/mol. The number of thiophene rings is 1. The summed E-state index contributed by atoms with van der Waals surface area (Å²) in [6.07, 6.45) is 9.89. The van der Waals surface area contributed by atoms with Gasteiger partial charge in [-0.05, 0) is 54.0 Å². The normalized spacial score (nSPS) is 25.2. The molecule has 0 N–H and O–H groups in total. The second-order valence-electron chi connectivity index (χ2n) is 7.74. The van der Waals surface area contributed by atoms with Gasteiger partial charge in [-0.15, -0.1) is 21.5 Å². The van der Waals surface area contributed by atoms with E-state index < -0.39 is 0 Å². The van der Waals surface area contributed by atoms with Crippen LogP contribution in [-0.4, -0.2) is 38.7 Å². The Morgan fingerprint density at radius 3 is 2.75 bits per heavy atom. The fourth-order valence-electron chi connectivity index (χ4n) is 4.56. The smallest absolute Gasteiger partial charge is 0.264 e. The first-order valence-corrected chi connectivity index (χ1v) is 9.82. The molecular weight excluding hydrogens is 320 g/mol. The highest BCUT2D eigenvalue weighted by Crippen LogP contribution is 2.53. The van der Waals surface area contributed by atoms with Crippen LogP contribution in [0.1, 0.15) is 53.3 Å². The van der Waals surface area contributed by atoms with Crippen molar-refractivity contribution in [1.29, 1.82) is 0 Å². The highest BCUT2D eigenvalue weighted by Gasteiger charge is 2.51. The van der Waals surface area contributed by atoms with Gasteiger partial charge in [0.05, 0.1) is 4.88 Å². The lowest BCUT2D eigenvalue weighted by Gasteiger charge is -2.42. The van der Waals surface area contributed by atoms with Gasteiger partial charge in [0, 0.05) is 25.6 Å². The van der Waals surface area contributed by atoms with Crippen LogP contribution in [0.15, 0.2) is 24.1 Å². The third-order valence-electron chi connectivity index (χ3n) is 6.25. The Hall–Kier alpha value is -1.69. The number of rotatable bonds is 4. The molecule has 0 aromatic carbocycles. The van der Waals surface area contributed by atoms with Gasteiger partial charge in [-0.3, -0.25) is 4.79 Å². The van der Waals surface area contributed by atoms with Crippen molar-refractivity contribution in [2.75, 3.05) is 13.1 Å². The van der Waals surface area contributed by atoms with Gasteiger partial charge in [-0.2, -0.15) is 0 Å². The number of carbonyl (C=O) groups excluding carboxylic acids is 1. The summed E-state index contributed by atoms with van der Waals surface area (Å²) in [5.74, 6) is 1.43. The lowest BCUT2D eigenvalue weighted by molar-refractivity contribution is 0.0678. The molecule has 1 aliphatic heterocycles. The number of likely N-dealkylation sites (tertiary alicyclic amines) is 1. The molecule has 5 rings (SSSR count). The largest absolute Gasteiger partial charge is 0.337 e. The molecule has 1 amide bonds. The van der Waals surface area contributed by atoms with Crippen molar-refractivity contribution >= 4 is 17.2 Å². The molecule has 126 valence electrons. The van der Waals surface area contributed by atoms with Crippen molar-refractivity contribution < 1.29 is 4.79 Å². The first-order chi connectivity index (χ1) is 11.8. The van der Waals surface area contributed by atoms with Crippen molar-refractivity contribution in [3.63, 3.8) is 0 Å². The molecule has 0 radical (unpaired) electrons. The summed E-state index contributed by atoms with van der Waals surface area (Å²) in [6.45, 7) is 2.73. The highest BCUT2D eigenvalue weighted by molar-refractivity contribution is 7.12. The Bertz CT molecular complexity index is 745. The summed E-state index contributed by atoms with van der Waals surface area (Å²) in [6, 6.07) is 2.17. The molecule has 2 saturated carbocycles. The molecule has 1 spiro atoms. The minimum absolute atomic E-state index is 0.268. The molecular formula is C18H22N4OS. The van der Waals surface area contributed by atoms with Crippen molar-refractivity contribution in [2.45, 2.75) is 44.6 Å². The topological polar surface area (TPSA) is 51.0 Å². The second kappa shape index (κ2) is 5.41. The van der Waals surface area contributed by atoms with E-state index in [0.717, 1.165) is 24.5 Å². The van der Waals surface area contributed by atoms with Crippen molar-refractivity contribution in [2.24, 2.45) is 11.3 Å². The van der Waals surface area contributed by atoms with E-state index in [2.05, 4.69) is 31.1 Å². The van der Waals surface area contributed by atoms with Gasteiger partial charge in [-0.1, -0.05) is 6.42 Å². The zero-order chi connectivity index (χ0) is 16.1. The van der Waals surface area contributed by atoms with Crippen LogP contribution >= 0.6 is 11.3 Å². The number of amides is 1. The Labute approximate surface area is 145 Å². The van der Waals surface area contributed by atoms with Gasteiger partial charge in [-0.25, -0.2) is 0 Å². The van der Waals surface area contributed by atoms with E-state index in [-0.39, 0.29) is 5.91 Å². The molecule has 1 saturated heterocycles. The maximum atomic E-state index is 13.1. The minimum Gasteiger partial charge on any atom is -0.337 e. The predicted octanol–water partition coefficient (Wildman–Crippen LogP) is 3.16. The number of carbonyl (C=O) groups is 1. The van der Waals surface area contributed by atoms with E-state index in [1.807, 2.05) is 0 Å². The average Bonchev–Trinajstić information content (AvgIpc) is 3.00. The predicted molar refractivity (Wildman–Crippen MR) is 92.0 cm³/mol. The molecule has 24 heavy (non-hydrogen) atoms. The molecule has 1 unspecified atom stereocenters. The molecule has 2 aromatic rings. The number of aromatic nitrogens is 3. The summed E-state index contributed by atoms with van der Waals surface area (Å²) in [5.41, 5.74) is 1.63. The lowest BCUT2D eigenvalue weighted by Crippen LogP contribution is -2.39. The molecule has 2 aromatic heterocycles. The van der Waals surface area contributed by atoms with Gasteiger partial charge in [0.25, 0.3) is 5.91 Å². The molecule has 3 fully saturated rings. The van der Waals surface area contributed by atoms with Crippen LogP contribution in [0, 0.1) is 11.3 Å². The van der Waals surface area contributed by atoms with Crippen molar-refractivity contribution in [3.05, 3.63) is 34.5 Å². The third-order valence-corrected chi connectivity index (χ3v) is 7.17. The zero-order valence-electron chi connectivity index (χ0n) is 13.7. The number of nitrogens with zero attached hydrogens (tertiary/aromatic N) is 4. The molecule has 2 aliphatic carbocycles. The maximum absolute atomic E-state index is 13.1.